The Morgan fingerprint density at radius 1 is 1.12 bits per heavy atom. The van der Waals surface area contributed by atoms with Gasteiger partial charge in [-0.2, -0.15) is 0 Å². The molecule has 0 saturated carbocycles. The highest BCUT2D eigenvalue weighted by molar-refractivity contribution is 7.90. The van der Waals surface area contributed by atoms with Crippen molar-refractivity contribution in [3.8, 4) is 0 Å². The molecule has 0 bridgehead atoms. The Morgan fingerprint density at radius 3 is 2.46 bits per heavy atom. The summed E-state index contributed by atoms with van der Waals surface area (Å²) < 4.78 is 27.9. The zero-order valence-corrected chi connectivity index (χ0v) is 15.2. The summed E-state index contributed by atoms with van der Waals surface area (Å²) in [7, 11) is -3.37. The van der Waals surface area contributed by atoms with Gasteiger partial charge in [0.2, 0.25) is 0 Å². The fraction of sp³-hybridized carbons (Fsp3) is 0.158. The Bertz CT molecular complexity index is 931. The monoisotopic (exact) mass is 373 g/mol. The Hall–Kier alpha value is -2.93. The minimum absolute atomic E-state index is 0.0910. The Morgan fingerprint density at radius 2 is 1.81 bits per heavy atom. The minimum atomic E-state index is -3.37. The number of aryl methyl sites for hydroxylation is 1. The molecule has 0 radical (unpaired) electrons. The van der Waals surface area contributed by atoms with Gasteiger partial charge < -0.3 is 10.1 Å². The maximum atomic E-state index is 11.8. The molecule has 0 spiro atoms. The van der Waals surface area contributed by atoms with Crippen LogP contribution in [0, 0.1) is 6.92 Å². The summed E-state index contributed by atoms with van der Waals surface area (Å²) in [5.74, 6) is -1.21. The molecule has 2 rings (SSSR count). The van der Waals surface area contributed by atoms with Crippen molar-refractivity contribution in [2.24, 2.45) is 0 Å². The molecule has 1 amide bonds. The molecule has 0 aliphatic rings. The number of sulfone groups is 1. The lowest BCUT2D eigenvalue weighted by molar-refractivity contribution is -0.142. The van der Waals surface area contributed by atoms with E-state index >= 15 is 0 Å². The van der Waals surface area contributed by atoms with E-state index in [9.17, 15) is 18.0 Å². The van der Waals surface area contributed by atoms with E-state index in [1.807, 2.05) is 31.2 Å². The molecule has 0 aliphatic heterocycles. The van der Waals surface area contributed by atoms with Crippen molar-refractivity contribution >= 4 is 33.5 Å². The summed E-state index contributed by atoms with van der Waals surface area (Å²) in [6.45, 7) is 1.49. The van der Waals surface area contributed by atoms with Crippen LogP contribution in [0.25, 0.3) is 6.08 Å². The maximum Gasteiger partial charge on any atom is 0.331 e. The first-order valence-electron chi connectivity index (χ1n) is 7.75. The summed E-state index contributed by atoms with van der Waals surface area (Å²) >= 11 is 0. The Kier molecular flexibility index (Phi) is 6.30. The highest BCUT2D eigenvalue weighted by Crippen LogP contribution is 2.15. The summed E-state index contributed by atoms with van der Waals surface area (Å²) in [5.41, 5.74) is 2.26. The fourth-order valence-electron chi connectivity index (χ4n) is 2.03. The van der Waals surface area contributed by atoms with Gasteiger partial charge in [0.25, 0.3) is 5.91 Å². The number of nitrogens with one attached hydrogen (secondary N) is 1. The number of carbonyl (C=O) groups excluding carboxylic acids is 2. The van der Waals surface area contributed by atoms with E-state index in [4.69, 9.17) is 4.74 Å². The van der Waals surface area contributed by atoms with Crippen LogP contribution in [-0.2, 0) is 24.2 Å². The molecule has 0 saturated heterocycles. The fourth-order valence-corrected chi connectivity index (χ4v) is 2.69. The minimum Gasteiger partial charge on any atom is -0.452 e. The Labute approximate surface area is 152 Å². The van der Waals surface area contributed by atoms with Crippen molar-refractivity contribution in [2.45, 2.75) is 11.8 Å². The first-order chi connectivity index (χ1) is 12.2. The summed E-state index contributed by atoms with van der Waals surface area (Å²) in [6, 6.07) is 13.4. The first kappa shape index (κ1) is 19.4. The molecule has 2 aromatic rings. The number of esters is 1. The van der Waals surface area contributed by atoms with Crippen molar-refractivity contribution in [1.29, 1.82) is 0 Å². The smallest absolute Gasteiger partial charge is 0.331 e. The third-order valence-corrected chi connectivity index (χ3v) is 4.49. The zero-order chi connectivity index (χ0) is 19.2. The number of carbonyl (C=O) groups is 2. The third kappa shape index (κ3) is 6.18. The largest absolute Gasteiger partial charge is 0.452 e. The van der Waals surface area contributed by atoms with Gasteiger partial charge in [-0.25, -0.2) is 13.2 Å². The van der Waals surface area contributed by atoms with Crippen LogP contribution in [0.15, 0.2) is 59.5 Å². The lowest BCUT2D eigenvalue weighted by atomic mass is 10.1. The molecule has 6 nitrogen and oxygen atoms in total. The number of amides is 1. The maximum absolute atomic E-state index is 11.8. The van der Waals surface area contributed by atoms with E-state index in [2.05, 4.69) is 5.32 Å². The van der Waals surface area contributed by atoms with Crippen molar-refractivity contribution in [2.75, 3.05) is 18.2 Å². The van der Waals surface area contributed by atoms with Gasteiger partial charge in [0.1, 0.15) is 0 Å². The summed E-state index contributed by atoms with van der Waals surface area (Å²) in [4.78, 5) is 23.6. The quantitative estimate of drug-likeness (QED) is 0.621. The molecular formula is C19H19NO5S. The predicted octanol–water partition coefficient (Wildman–Crippen LogP) is 2.59. The number of hydrogen-bond acceptors (Lipinski definition) is 5. The van der Waals surface area contributed by atoms with Crippen LogP contribution in [0.1, 0.15) is 11.1 Å². The van der Waals surface area contributed by atoms with Gasteiger partial charge in [-0.15, -0.1) is 0 Å². The van der Waals surface area contributed by atoms with E-state index in [1.165, 1.54) is 24.3 Å². The number of benzene rings is 2. The van der Waals surface area contributed by atoms with Crippen LogP contribution < -0.4 is 5.32 Å². The van der Waals surface area contributed by atoms with E-state index in [1.54, 1.807) is 12.1 Å². The van der Waals surface area contributed by atoms with Crippen LogP contribution in [0.4, 0.5) is 5.69 Å². The van der Waals surface area contributed by atoms with Gasteiger partial charge in [0.15, 0.2) is 16.4 Å². The van der Waals surface area contributed by atoms with E-state index in [0.29, 0.717) is 5.69 Å². The average Bonchev–Trinajstić information content (AvgIpc) is 2.59. The molecule has 7 heteroatoms. The molecule has 0 aliphatic carbocycles. The van der Waals surface area contributed by atoms with Crippen LogP contribution in [-0.4, -0.2) is 33.2 Å². The van der Waals surface area contributed by atoms with Crippen LogP contribution >= 0.6 is 0 Å². The standard InChI is InChI=1S/C19H19NO5S/c1-14-6-8-15(9-7-14)10-11-19(22)25-13-18(21)20-16-4-3-5-17(12-16)26(2,23)24/h3-12H,13H2,1-2H3,(H,20,21)/b11-10+. The molecule has 136 valence electrons. The van der Waals surface area contributed by atoms with E-state index in [-0.39, 0.29) is 4.90 Å². The topological polar surface area (TPSA) is 89.5 Å². The van der Waals surface area contributed by atoms with Crippen LogP contribution in [0.3, 0.4) is 0 Å². The van der Waals surface area contributed by atoms with Gasteiger partial charge in [0, 0.05) is 18.0 Å². The lowest BCUT2D eigenvalue weighted by Gasteiger charge is -2.07. The van der Waals surface area contributed by atoms with E-state index in [0.717, 1.165) is 17.4 Å². The summed E-state index contributed by atoms with van der Waals surface area (Å²) in [5, 5.41) is 2.49. The van der Waals surface area contributed by atoms with Gasteiger partial charge in [-0.3, -0.25) is 4.79 Å². The highest BCUT2D eigenvalue weighted by Gasteiger charge is 2.10. The van der Waals surface area contributed by atoms with E-state index < -0.39 is 28.3 Å². The second-order valence-electron chi connectivity index (χ2n) is 5.70. The zero-order valence-electron chi connectivity index (χ0n) is 14.4. The van der Waals surface area contributed by atoms with Gasteiger partial charge >= 0.3 is 5.97 Å². The molecule has 0 aromatic heterocycles. The Balaban J connectivity index is 1.86. The lowest BCUT2D eigenvalue weighted by Crippen LogP contribution is -2.20. The van der Waals surface area contributed by atoms with Gasteiger partial charge in [-0.1, -0.05) is 35.9 Å². The van der Waals surface area contributed by atoms with Crippen molar-refractivity contribution in [1.82, 2.24) is 0 Å². The molecule has 0 atom stereocenters. The van der Waals surface area contributed by atoms with Gasteiger partial charge in [0.05, 0.1) is 4.90 Å². The normalized spacial score (nSPS) is 11.3. The molecule has 1 N–H and O–H groups in total. The predicted molar refractivity (Wildman–Crippen MR) is 99.4 cm³/mol. The number of anilines is 1. The van der Waals surface area contributed by atoms with Crippen LogP contribution in [0.5, 0.6) is 0 Å². The molecule has 0 unspecified atom stereocenters. The second-order valence-corrected chi connectivity index (χ2v) is 7.72. The molecule has 2 aromatic carbocycles. The number of ether oxygens (including phenoxy) is 1. The second kappa shape index (κ2) is 8.44. The van der Waals surface area contributed by atoms with Crippen LogP contribution in [0.2, 0.25) is 0 Å². The highest BCUT2D eigenvalue weighted by atomic mass is 32.2. The van der Waals surface area contributed by atoms with Crippen molar-refractivity contribution in [3.63, 3.8) is 0 Å². The third-order valence-electron chi connectivity index (χ3n) is 3.38. The van der Waals surface area contributed by atoms with Gasteiger partial charge in [-0.05, 0) is 36.8 Å². The molecular weight excluding hydrogens is 354 g/mol. The SMILES string of the molecule is Cc1ccc(/C=C/C(=O)OCC(=O)Nc2cccc(S(C)(=O)=O)c2)cc1. The molecule has 26 heavy (non-hydrogen) atoms. The first-order valence-corrected chi connectivity index (χ1v) is 9.65. The summed E-state index contributed by atoms with van der Waals surface area (Å²) in [6.07, 6.45) is 3.91. The van der Waals surface area contributed by atoms with Crippen molar-refractivity contribution in [3.05, 3.63) is 65.7 Å². The van der Waals surface area contributed by atoms with Crippen molar-refractivity contribution < 1.29 is 22.7 Å². The number of hydrogen-bond donors (Lipinski definition) is 1. The molecule has 0 fully saturated rings. The average molecular weight is 373 g/mol. The molecule has 0 heterocycles. The number of rotatable bonds is 6.